The highest BCUT2D eigenvalue weighted by Crippen LogP contribution is 2.51. The van der Waals surface area contributed by atoms with E-state index in [0.717, 1.165) is 43.7 Å². The van der Waals surface area contributed by atoms with Crippen molar-refractivity contribution in [2.45, 2.75) is 17.3 Å². The third-order valence-corrected chi connectivity index (χ3v) is 7.52. The maximum Gasteiger partial charge on any atom is 0.227 e. The molecule has 2 aliphatic heterocycles. The van der Waals surface area contributed by atoms with Gasteiger partial charge in [0, 0.05) is 20.5 Å². The molecule has 2 aromatic heterocycles. The molecule has 0 saturated heterocycles. The number of para-hydroxylation sites is 1. The van der Waals surface area contributed by atoms with Gasteiger partial charge < -0.3 is 10.1 Å². The lowest BCUT2D eigenvalue weighted by Crippen LogP contribution is -2.32. The zero-order valence-corrected chi connectivity index (χ0v) is 19.7. The third-order valence-electron chi connectivity index (χ3n) is 5.53. The van der Waals surface area contributed by atoms with Crippen LogP contribution in [-0.4, -0.2) is 21.0 Å². The number of hydrogen-bond donors (Lipinski definition) is 1. The van der Waals surface area contributed by atoms with Gasteiger partial charge in [-0.2, -0.15) is 4.98 Å². The van der Waals surface area contributed by atoms with Crippen LogP contribution >= 0.6 is 39.0 Å². The molecule has 154 valence electrons. The smallest absolute Gasteiger partial charge is 0.227 e. The number of aromatic nitrogens is 3. The average Bonchev–Trinajstić information content (AvgIpc) is 3.47. The molecule has 4 heterocycles. The van der Waals surface area contributed by atoms with E-state index in [1.54, 1.807) is 23.1 Å². The number of ether oxygens (including phenoxy) is 1. The first-order valence-electron chi connectivity index (χ1n) is 9.79. The molecule has 0 radical (unpaired) electrons. The van der Waals surface area contributed by atoms with Crippen molar-refractivity contribution in [1.29, 1.82) is 0 Å². The molecule has 31 heavy (non-hydrogen) atoms. The first-order valence-corrected chi connectivity index (χ1v) is 12.7. The normalized spacial score (nSPS) is 19.2. The Balaban J connectivity index is 1.62. The van der Waals surface area contributed by atoms with E-state index in [9.17, 15) is 0 Å². The summed E-state index contributed by atoms with van der Waals surface area (Å²) in [6, 6.07) is 20.7. The van der Waals surface area contributed by atoms with Crippen molar-refractivity contribution in [2.75, 3.05) is 11.6 Å². The summed E-state index contributed by atoms with van der Waals surface area (Å²) in [5.74, 6) is 1.62. The molecule has 2 aromatic carbocycles. The fourth-order valence-corrected chi connectivity index (χ4v) is 5.62. The van der Waals surface area contributed by atoms with Crippen LogP contribution in [0.15, 0.2) is 81.2 Å². The summed E-state index contributed by atoms with van der Waals surface area (Å²) in [5.41, 5.74) is 4.35. The first kappa shape index (κ1) is 19.2. The molecular formula is C23H17BrN4OS2. The van der Waals surface area contributed by atoms with E-state index in [1.165, 1.54) is 4.88 Å². The van der Waals surface area contributed by atoms with Crippen LogP contribution in [0.2, 0.25) is 0 Å². The molecule has 4 aromatic rings. The number of anilines is 1. The van der Waals surface area contributed by atoms with Crippen LogP contribution in [0, 0.1) is 0 Å². The Labute approximate surface area is 196 Å². The van der Waals surface area contributed by atoms with Gasteiger partial charge in [-0.3, -0.25) is 0 Å². The van der Waals surface area contributed by atoms with E-state index >= 15 is 0 Å². The van der Waals surface area contributed by atoms with Gasteiger partial charge in [-0.25, -0.2) is 4.68 Å². The number of fused-ring (bicyclic) bond motifs is 3. The topological polar surface area (TPSA) is 52.0 Å². The predicted molar refractivity (Wildman–Crippen MR) is 129 cm³/mol. The Hall–Kier alpha value is -2.55. The number of rotatable bonds is 3. The Kier molecular flexibility index (Phi) is 4.66. The Bertz CT molecular complexity index is 1300. The summed E-state index contributed by atoms with van der Waals surface area (Å²) in [6.45, 7) is 0. The number of thiophene rings is 1. The van der Waals surface area contributed by atoms with Crippen LogP contribution in [0.4, 0.5) is 5.95 Å². The summed E-state index contributed by atoms with van der Waals surface area (Å²) in [5, 5.41) is 11.3. The molecule has 6 rings (SSSR count). The minimum atomic E-state index is -0.243. The summed E-state index contributed by atoms with van der Waals surface area (Å²) in [6.07, 6.45) is 1.76. The minimum absolute atomic E-state index is 0.0957. The number of thioether (sulfide) groups is 1. The lowest BCUT2D eigenvalue weighted by molar-refractivity contribution is 0.223. The SMILES string of the molecule is CSc1nc2n(n1)[C@@H](c1cccs1)C1=C(N2)c2ccccc2O[C@H]1c1ccc(Br)cc1. The highest BCUT2D eigenvalue weighted by Gasteiger charge is 2.41. The van der Waals surface area contributed by atoms with Crippen LogP contribution in [0.5, 0.6) is 5.75 Å². The number of hydrogen-bond acceptors (Lipinski definition) is 6. The van der Waals surface area contributed by atoms with Crippen LogP contribution in [0.25, 0.3) is 5.70 Å². The number of benzene rings is 2. The van der Waals surface area contributed by atoms with Gasteiger partial charge in [0.2, 0.25) is 11.1 Å². The maximum absolute atomic E-state index is 6.63. The van der Waals surface area contributed by atoms with Crippen LogP contribution in [0.1, 0.15) is 28.1 Å². The Morgan fingerprint density at radius 2 is 1.94 bits per heavy atom. The lowest BCUT2D eigenvalue weighted by Gasteiger charge is -2.38. The molecule has 0 amide bonds. The van der Waals surface area contributed by atoms with Crippen LogP contribution < -0.4 is 10.1 Å². The van der Waals surface area contributed by atoms with Crippen molar-refractivity contribution in [3.8, 4) is 5.75 Å². The monoisotopic (exact) mass is 508 g/mol. The number of halogens is 1. The molecule has 2 aliphatic rings. The number of nitrogens with zero attached hydrogens (tertiary/aromatic N) is 3. The minimum Gasteiger partial charge on any atom is -0.480 e. The highest BCUT2D eigenvalue weighted by molar-refractivity contribution is 9.10. The molecule has 5 nitrogen and oxygen atoms in total. The predicted octanol–water partition coefficient (Wildman–Crippen LogP) is 6.38. The van der Waals surface area contributed by atoms with E-state index in [-0.39, 0.29) is 12.1 Å². The zero-order chi connectivity index (χ0) is 20.9. The summed E-state index contributed by atoms with van der Waals surface area (Å²) < 4.78 is 9.67. The van der Waals surface area contributed by atoms with E-state index in [0.29, 0.717) is 0 Å². The van der Waals surface area contributed by atoms with Crippen molar-refractivity contribution in [1.82, 2.24) is 14.8 Å². The van der Waals surface area contributed by atoms with Crippen molar-refractivity contribution in [2.24, 2.45) is 0 Å². The highest BCUT2D eigenvalue weighted by atomic mass is 79.9. The van der Waals surface area contributed by atoms with Crippen molar-refractivity contribution >= 4 is 50.7 Å². The van der Waals surface area contributed by atoms with Gasteiger partial charge in [-0.15, -0.1) is 16.4 Å². The molecule has 2 atom stereocenters. The molecule has 0 aliphatic carbocycles. The van der Waals surface area contributed by atoms with Crippen molar-refractivity contribution in [3.63, 3.8) is 0 Å². The molecule has 0 fully saturated rings. The van der Waals surface area contributed by atoms with Crippen molar-refractivity contribution in [3.05, 3.63) is 92.1 Å². The maximum atomic E-state index is 6.63. The van der Waals surface area contributed by atoms with Gasteiger partial charge in [-0.05, 0) is 47.5 Å². The molecule has 0 unspecified atom stereocenters. The summed E-state index contributed by atoms with van der Waals surface area (Å²) in [4.78, 5) is 5.94. The molecule has 0 saturated carbocycles. The molecular weight excluding hydrogens is 492 g/mol. The largest absolute Gasteiger partial charge is 0.480 e. The van der Waals surface area contributed by atoms with E-state index in [2.05, 4.69) is 69.1 Å². The standard InChI is InChI=1S/C23H17BrN4OS2/c1-30-23-26-22-25-19-15-5-2-3-6-16(15)29-21(13-8-10-14(24)11-9-13)18(19)20(28(22)27-23)17-7-4-12-31-17/h2-12,20-21H,1H3,(H,25,26,27)/t20-,21-/m0/s1. The first-order chi connectivity index (χ1) is 15.2. The van der Waals surface area contributed by atoms with Crippen LogP contribution in [-0.2, 0) is 0 Å². The second kappa shape index (κ2) is 7.55. The Morgan fingerprint density at radius 1 is 1.10 bits per heavy atom. The molecule has 1 N–H and O–H groups in total. The zero-order valence-electron chi connectivity index (χ0n) is 16.4. The van der Waals surface area contributed by atoms with Gasteiger partial charge >= 0.3 is 0 Å². The summed E-state index contributed by atoms with van der Waals surface area (Å²) in [7, 11) is 0. The lowest BCUT2D eigenvalue weighted by atomic mass is 9.87. The van der Waals surface area contributed by atoms with Gasteiger partial charge in [0.15, 0.2) is 0 Å². The molecule has 0 spiro atoms. The van der Waals surface area contributed by atoms with Gasteiger partial charge in [0.25, 0.3) is 0 Å². The summed E-state index contributed by atoms with van der Waals surface area (Å²) >= 11 is 6.82. The fraction of sp³-hybridized carbons (Fsp3) is 0.130. The average molecular weight is 509 g/mol. The van der Waals surface area contributed by atoms with E-state index in [1.807, 2.05) is 29.1 Å². The molecule has 0 bridgehead atoms. The third kappa shape index (κ3) is 3.12. The van der Waals surface area contributed by atoms with E-state index in [4.69, 9.17) is 14.8 Å². The fourth-order valence-electron chi connectivity index (χ4n) is 4.18. The van der Waals surface area contributed by atoms with Crippen molar-refractivity contribution < 1.29 is 4.74 Å². The second-order valence-corrected chi connectivity index (χ2v) is 9.95. The van der Waals surface area contributed by atoms with Gasteiger partial charge in [0.05, 0.1) is 5.70 Å². The number of nitrogens with one attached hydrogen (secondary N) is 1. The Morgan fingerprint density at radius 3 is 2.71 bits per heavy atom. The van der Waals surface area contributed by atoms with E-state index < -0.39 is 0 Å². The van der Waals surface area contributed by atoms with Gasteiger partial charge in [-0.1, -0.05) is 58.0 Å². The second-order valence-electron chi connectivity index (χ2n) is 7.29. The van der Waals surface area contributed by atoms with Crippen LogP contribution in [0.3, 0.4) is 0 Å². The quantitative estimate of drug-likeness (QED) is 0.325. The van der Waals surface area contributed by atoms with Gasteiger partial charge in [0.1, 0.15) is 17.9 Å². The molecule has 8 heteroatoms.